The van der Waals surface area contributed by atoms with Crippen molar-refractivity contribution in [2.24, 2.45) is 0 Å². The van der Waals surface area contributed by atoms with Gasteiger partial charge in [0.2, 0.25) is 0 Å². The molecule has 0 aliphatic rings. The molecule has 3 N–H and O–H groups in total. The summed E-state index contributed by atoms with van der Waals surface area (Å²) in [5.41, 5.74) is 9.05. The number of amides is 1. The van der Waals surface area contributed by atoms with Crippen molar-refractivity contribution in [1.29, 1.82) is 0 Å². The Labute approximate surface area is 149 Å². The molecule has 0 saturated carbocycles. The van der Waals surface area contributed by atoms with Crippen LogP contribution < -0.4 is 11.1 Å². The molecular weight excluding hydrogens is 338 g/mol. The van der Waals surface area contributed by atoms with Crippen molar-refractivity contribution in [1.82, 2.24) is 4.57 Å². The molecule has 0 aliphatic carbocycles. The molecule has 0 fully saturated rings. The molecular formula is C18H17N3OS2. The number of nitrogens with one attached hydrogen (secondary N) is 1. The maximum atomic E-state index is 12.6. The summed E-state index contributed by atoms with van der Waals surface area (Å²) in [5.74, 6) is 0.171. The van der Waals surface area contributed by atoms with Crippen LogP contribution in [0.15, 0.2) is 54.6 Å². The molecule has 0 radical (unpaired) electrons. The van der Waals surface area contributed by atoms with Gasteiger partial charge in [-0.15, -0.1) is 0 Å². The van der Waals surface area contributed by atoms with Gasteiger partial charge >= 0.3 is 0 Å². The number of nitrogens with two attached hydrogens (primary N) is 1. The van der Waals surface area contributed by atoms with E-state index in [4.69, 9.17) is 18.0 Å². The van der Waals surface area contributed by atoms with Crippen LogP contribution in [0.1, 0.15) is 20.8 Å². The van der Waals surface area contributed by atoms with Gasteiger partial charge in [0.15, 0.2) is 3.95 Å². The van der Waals surface area contributed by atoms with Crippen molar-refractivity contribution < 1.29 is 4.79 Å². The van der Waals surface area contributed by atoms with E-state index < -0.39 is 0 Å². The zero-order valence-electron chi connectivity index (χ0n) is 13.2. The quantitative estimate of drug-likeness (QED) is 0.679. The van der Waals surface area contributed by atoms with E-state index in [1.54, 1.807) is 4.57 Å². The van der Waals surface area contributed by atoms with E-state index in [9.17, 15) is 4.79 Å². The van der Waals surface area contributed by atoms with E-state index in [0.29, 0.717) is 21.2 Å². The molecule has 0 aliphatic heterocycles. The molecule has 0 unspecified atom stereocenters. The summed E-state index contributed by atoms with van der Waals surface area (Å²) in [7, 11) is 0. The first kappa shape index (κ1) is 16.4. The Morgan fingerprint density at radius 3 is 2.54 bits per heavy atom. The molecule has 24 heavy (non-hydrogen) atoms. The van der Waals surface area contributed by atoms with Gasteiger partial charge in [-0.25, -0.2) is 0 Å². The van der Waals surface area contributed by atoms with Crippen LogP contribution in [0.4, 0.5) is 11.5 Å². The maximum Gasteiger partial charge on any atom is 0.269 e. The predicted molar refractivity (Wildman–Crippen MR) is 102 cm³/mol. The van der Waals surface area contributed by atoms with E-state index in [1.165, 1.54) is 11.3 Å². The van der Waals surface area contributed by atoms with Crippen molar-refractivity contribution in [2.75, 3.05) is 11.1 Å². The molecule has 0 spiro atoms. The fourth-order valence-electron chi connectivity index (χ4n) is 2.39. The van der Waals surface area contributed by atoms with Crippen LogP contribution in [-0.4, -0.2) is 10.5 Å². The van der Waals surface area contributed by atoms with Gasteiger partial charge in [0.05, 0.1) is 6.54 Å². The zero-order chi connectivity index (χ0) is 17.1. The number of hydrogen-bond donors (Lipinski definition) is 2. The maximum absolute atomic E-state index is 12.6. The highest BCUT2D eigenvalue weighted by Gasteiger charge is 2.18. The third-order valence-electron chi connectivity index (χ3n) is 3.72. The fraction of sp³-hybridized carbons (Fsp3) is 0.111. The zero-order valence-corrected chi connectivity index (χ0v) is 14.8. The standard InChI is InChI=1S/C18H17N3OS2/c1-12-7-5-6-10-14(12)20-17(22)15-16(19)21(18(23)24-15)11-13-8-3-2-4-9-13/h2-10H,11,19H2,1H3,(H,20,22). The number of aromatic nitrogens is 1. The van der Waals surface area contributed by atoms with E-state index in [1.807, 2.05) is 61.5 Å². The number of aryl methyl sites for hydroxylation is 1. The Kier molecular flexibility index (Phi) is 4.78. The van der Waals surface area contributed by atoms with Crippen LogP contribution in [-0.2, 0) is 6.54 Å². The highest BCUT2D eigenvalue weighted by Crippen LogP contribution is 2.25. The first-order valence-electron chi connectivity index (χ1n) is 7.46. The Morgan fingerprint density at radius 2 is 1.83 bits per heavy atom. The van der Waals surface area contributed by atoms with Crippen LogP contribution in [0, 0.1) is 10.9 Å². The Morgan fingerprint density at radius 1 is 1.17 bits per heavy atom. The van der Waals surface area contributed by atoms with Gasteiger partial charge in [0.1, 0.15) is 10.7 Å². The third kappa shape index (κ3) is 3.39. The summed E-state index contributed by atoms with van der Waals surface area (Å²) in [5, 5.41) is 2.90. The molecule has 6 heteroatoms. The molecule has 4 nitrogen and oxygen atoms in total. The smallest absolute Gasteiger partial charge is 0.269 e. The SMILES string of the molecule is Cc1ccccc1NC(=O)c1sc(=S)n(Cc2ccccc2)c1N. The average Bonchev–Trinajstić information content (AvgIpc) is 2.86. The molecule has 122 valence electrons. The highest BCUT2D eigenvalue weighted by atomic mass is 32.1. The van der Waals surface area contributed by atoms with Crippen molar-refractivity contribution >= 4 is 41.0 Å². The van der Waals surface area contributed by atoms with Gasteiger partial charge in [-0.3, -0.25) is 4.79 Å². The molecule has 1 aromatic heterocycles. The molecule has 0 bridgehead atoms. The van der Waals surface area contributed by atoms with Crippen molar-refractivity contribution in [3.8, 4) is 0 Å². The van der Waals surface area contributed by atoms with Crippen LogP contribution in [0.25, 0.3) is 0 Å². The second-order valence-electron chi connectivity index (χ2n) is 5.42. The minimum Gasteiger partial charge on any atom is -0.384 e. The summed E-state index contributed by atoms with van der Waals surface area (Å²) in [6, 6.07) is 17.5. The number of hydrogen-bond acceptors (Lipinski definition) is 4. The fourth-order valence-corrected chi connectivity index (χ4v) is 3.61. The summed E-state index contributed by atoms with van der Waals surface area (Å²) in [4.78, 5) is 13.0. The number of nitrogens with zero attached hydrogens (tertiary/aromatic N) is 1. The van der Waals surface area contributed by atoms with E-state index in [2.05, 4.69) is 5.32 Å². The number of anilines is 2. The molecule has 3 aromatic rings. The summed E-state index contributed by atoms with van der Waals surface area (Å²) in [6.45, 7) is 2.50. The van der Waals surface area contributed by atoms with Gasteiger partial charge in [-0.1, -0.05) is 59.9 Å². The van der Waals surface area contributed by atoms with E-state index >= 15 is 0 Å². The lowest BCUT2D eigenvalue weighted by atomic mass is 10.2. The van der Waals surface area contributed by atoms with Gasteiger partial charge in [-0.05, 0) is 36.3 Å². The van der Waals surface area contributed by atoms with Crippen molar-refractivity contribution in [3.05, 3.63) is 74.6 Å². The van der Waals surface area contributed by atoms with Crippen molar-refractivity contribution in [3.63, 3.8) is 0 Å². The monoisotopic (exact) mass is 355 g/mol. The van der Waals surface area contributed by atoms with Crippen LogP contribution in [0.3, 0.4) is 0 Å². The molecule has 0 saturated heterocycles. The topological polar surface area (TPSA) is 60.0 Å². The summed E-state index contributed by atoms with van der Waals surface area (Å²) in [6.07, 6.45) is 0. The lowest BCUT2D eigenvalue weighted by Gasteiger charge is -2.08. The number of para-hydroxylation sites is 1. The number of thiazole rings is 1. The number of carbonyl (C=O) groups is 1. The number of rotatable bonds is 4. The first-order chi connectivity index (χ1) is 11.6. The number of carbonyl (C=O) groups excluding carboxylic acids is 1. The molecule has 1 heterocycles. The van der Waals surface area contributed by atoms with Crippen LogP contribution >= 0.6 is 23.6 Å². The van der Waals surface area contributed by atoms with Gasteiger partial charge in [-0.2, -0.15) is 0 Å². The van der Waals surface area contributed by atoms with Gasteiger partial charge in [0.25, 0.3) is 5.91 Å². The van der Waals surface area contributed by atoms with E-state index in [-0.39, 0.29) is 5.91 Å². The first-order valence-corrected chi connectivity index (χ1v) is 8.68. The normalized spacial score (nSPS) is 10.5. The molecule has 2 aromatic carbocycles. The predicted octanol–water partition coefficient (Wildman–Crippen LogP) is 4.47. The van der Waals surface area contributed by atoms with Crippen molar-refractivity contribution in [2.45, 2.75) is 13.5 Å². The van der Waals surface area contributed by atoms with Gasteiger partial charge < -0.3 is 15.6 Å². The lowest BCUT2D eigenvalue weighted by molar-refractivity contribution is 0.103. The second kappa shape index (κ2) is 6.98. The Bertz CT molecular complexity index is 929. The third-order valence-corrected chi connectivity index (χ3v) is 5.18. The molecule has 0 atom stereocenters. The van der Waals surface area contributed by atoms with E-state index in [0.717, 1.165) is 16.8 Å². The van der Waals surface area contributed by atoms with Crippen LogP contribution in [0.2, 0.25) is 0 Å². The largest absolute Gasteiger partial charge is 0.384 e. The molecule has 3 rings (SSSR count). The number of benzene rings is 2. The minimum absolute atomic E-state index is 0.232. The highest BCUT2D eigenvalue weighted by molar-refractivity contribution is 7.73. The molecule has 1 amide bonds. The lowest BCUT2D eigenvalue weighted by Crippen LogP contribution is -2.14. The summed E-state index contributed by atoms with van der Waals surface area (Å²) < 4.78 is 2.38. The number of nitrogen functional groups attached to an aromatic ring is 1. The minimum atomic E-state index is -0.232. The average molecular weight is 355 g/mol. The van der Waals surface area contributed by atoms with Crippen LogP contribution in [0.5, 0.6) is 0 Å². The van der Waals surface area contributed by atoms with Gasteiger partial charge in [0, 0.05) is 5.69 Å². The Hall–Kier alpha value is -2.44. The summed E-state index contributed by atoms with van der Waals surface area (Å²) >= 11 is 6.62. The Balaban J connectivity index is 1.87. The second-order valence-corrected chi connectivity index (χ2v) is 7.07.